The van der Waals surface area contributed by atoms with Crippen molar-refractivity contribution >= 4 is 29.0 Å². The number of aromatic amines is 1. The lowest BCUT2D eigenvalue weighted by molar-refractivity contribution is 0.0979. The second-order valence-electron chi connectivity index (χ2n) is 6.64. The molecule has 1 aromatic carbocycles. The fourth-order valence-electron chi connectivity index (χ4n) is 2.63. The van der Waals surface area contributed by atoms with E-state index >= 15 is 0 Å². The van der Waals surface area contributed by atoms with Crippen molar-refractivity contribution in [3.8, 4) is 11.6 Å². The number of hydrogen-bond donors (Lipinski definition) is 1. The summed E-state index contributed by atoms with van der Waals surface area (Å²) >= 11 is 12.3. The molecule has 0 aliphatic rings. The summed E-state index contributed by atoms with van der Waals surface area (Å²) in [4.78, 5) is 37.3. The molecule has 0 spiro atoms. The minimum absolute atomic E-state index is 0.00648. The molecular formula is C18H15Cl2FN4O5. The van der Waals surface area contributed by atoms with Gasteiger partial charge in [-0.15, -0.1) is 5.10 Å². The van der Waals surface area contributed by atoms with Crippen molar-refractivity contribution in [3.63, 3.8) is 0 Å². The van der Waals surface area contributed by atoms with Gasteiger partial charge in [0.25, 0.3) is 5.56 Å². The van der Waals surface area contributed by atoms with Gasteiger partial charge in [-0.2, -0.15) is 0 Å². The summed E-state index contributed by atoms with van der Waals surface area (Å²) in [6, 6.07) is 2.59. The molecule has 0 radical (unpaired) electrons. The number of nitrogens with one attached hydrogen (secondary N) is 1. The van der Waals surface area contributed by atoms with E-state index < -0.39 is 28.8 Å². The summed E-state index contributed by atoms with van der Waals surface area (Å²) in [5.74, 6) is -3.25. The molecule has 1 N–H and O–H groups in total. The standard InChI is InChI=1S/C18H15Cl2FN4O5/c1-7(2)9-6-12(23-25(3)17(9)27)29-15-10(19)4-8(14(21)13(15)20)5-11(26)16-22-18(28)30-24-16/h4,6-7H,5H2,1-3H3,(H,22,24,28). The zero-order valence-corrected chi connectivity index (χ0v) is 17.5. The maximum absolute atomic E-state index is 14.8. The topological polar surface area (TPSA) is 120 Å². The van der Waals surface area contributed by atoms with Crippen molar-refractivity contribution in [2.24, 2.45) is 7.05 Å². The number of carbonyl (C=O) groups is 1. The maximum Gasteiger partial charge on any atom is 0.439 e. The number of ether oxygens (including phenoxy) is 1. The molecule has 0 unspecified atom stereocenters. The fourth-order valence-corrected chi connectivity index (χ4v) is 3.20. The van der Waals surface area contributed by atoms with Crippen LogP contribution < -0.4 is 16.1 Å². The minimum Gasteiger partial charge on any atom is -0.434 e. The quantitative estimate of drug-likeness (QED) is 0.446. The van der Waals surface area contributed by atoms with Crippen LogP contribution in [0.2, 0.25) is 10.0 Å². The highest BCUT2D eigenvalue weighted by Crippen LogP contribution is 2.39. The summed E-state index contributed by atoms with van der Waals surface area (Å²) in [5.41, 5.74) is 0.0157. The van der Waals surface area contributed by atoms with E-state index in [1.165, 1.54) is 19.2 Å². The Morgan fingerprint density at radius 3 is 2.63 bits per heavy atom. The molecule has 0 atom stereocenters. The van der Waals surface area contributed by atoms with Crippen LogP contribution in [0.4, 0.5) is 4.39 Å². The summed E-state index contributed by atoms with van der Waals surface area (Å²) in [6.45, 7) is 3.65. The van der Waals surface area contributed by atoms with Gasteiger partial charge in [-0.3, -0.25) is 19.1 Å². The molecule has 0 aliphatic carbocycles. The molecule has 0 amide bonds. The van der Waals surface area contributed by atoms with E-state index in [-0.39, 0.29) is 39.5 Å². The number of carbonyl (C=O) groups excluding carboxylic acids is 1. The Balaban J connectivity index is 1.95. The van der Waals surface area contributed by atoms with E-state index in [1.807, 2.05) is 13.8 Å². The highest BCUT2D eigenvalue weighted by molar-refractivity contribution is 6.37. The number of Topliss-reactive ketones (excluding diaryl/α,β-unsaturated/α-hetero) is 1. The number of H-pyrrole nitrogens is 1. The number of aromatic nitrogens is 4. The monoisotopic (exact) mass is 456 g/mol. The molecule has 2 aromatic heterocycles. The lowest BCUT2D eigenvalue weighted by atomic mass is 10.1. The molecular weight excluding hydrogens is 442 g/mol. The second kappa shape index (κ2) is 8.41. The van der Waals surface area contributed by atoms with Crippen molar-refractivity contribution in [1.82, 2.24) is 19.9 Å². The molecule has 0 aliphatic heterocycles. The van der Waals surface area contributed by atoms with Gasteiger partial charge in [-0.25, -0.2) is 13.9 Å². The lowest BCUT2D eigenvalue weighted by Gasteiger charge is -2.14. The van der Waals surface area contributed by atoms with Gasteiger partial charge in [0.2, 0.25) is 17.5 Å². The molecule has 9 nitrogen and oxygen atoms in total. The van der Waals surface area contributed by atoms with Gasteiger partial charge in [-0.1, -0.05) is 42.2 Å². The third kappa shape index (κ3) is 4.29. The molecule has 3 rings (SSSR count). The van der Waals surface area contributed by atoms with Crippen LogP contribution in [-0.2, 0) is 13.5 Å². The molecule has 3 aromatic rings. The van der Waals surface area contributed by atoms with E-state index in [1.54, 1.807) is 0 Å². The second-order valence-corrected chi connectivity index (χ2v) is 7.43. The number of hydrogen-bond acceptors (Lipinski definition) is 7. The van der Waals surface area contributed by atoms with Gasteiger partial charge >= 0.3 is 5.76 Å². The summed E-state index contributed by atoms with van der Waals surface area (Å²) in [6.07, 6.45) is -0.483. The molecule has 2 heterocycles. The van der Waals surface area contributed by atoms with E-state index in [0.717, 1.165) is 4.68 Å². The largest absolute Gasteiger partial charge is 0.439 e. The Morgan fingerprint density at radius 2 is 2.03 bits per heavy atom. The lowest BCUT2D eigenvalue weighted by Crippen LogP contribution is -2.24. The molecule has 0 saturated heterocycles. The molecule has 12 heteroatoms. The van der Waals surface area contributed by atoms with Gasteiger partial charge in [0.15, 0.2) is 5.75 Å². The van der Waals surface area contributed by atoms with Gasteiger partial charge in [0.05, 0.1) is 5.02 Å². The third-order valence-corrected chi connectivity index (χ3v) is 4.76. The number of benzene rings is 1. The number of ketones is 1. The van der Waals surface area contributed by atoms with Crippen LogP contribution in [0.15, 0.2) is 26.2 Å². The number of aryl methyl sites for hydroxylation is 1. The molecule has 158 valence electrons. The average Bonchev–Trinajstić information content (AvgIpc) is 3.12. The summed E-state index contributed by atoms with van der Waals surface area (Å²) in [5, 5.41) is 6.67. The van der Waals surface area contributed by atoms with Gasteiger partial charge in [-0.05, 0) is 17.5 Å². The van der Waals surface area contributed by atoms with Crippen LogP contribution in [0, 0.1) is 5.82 Å². The van der Waals surface area contributed by atoms with Crippen molar-refractivity contribution in [2.75, 3.05) is 0 Å². The third-order valence-electron chi connectivity index (χ3n) is 4.14. The predicted molar refractivity (Wildman–Crippen MR) is 105 cm³/mol. The Kier molecular flexibility index (Phi) is 6.09. The van der Waals surface area contributed by atoms with Crippen molar-refractivity contribution in [1.29, 1.82) is 0 Å². The zero-order valence-electron chi connectivity index (χ0n) is 16.0. The molecule has 0 fully saturated rings. The van der Waals surface area contributed by atoms with Crippen LogP contribution in [0.5, 0.6) is 11.6 Å². The zero-order chi connectivity index (χ0) is 22.2. The van der Waals surface area contributed by atoms with Crippen molar-refractivity contribution < 1.29 is 18.4 Å². The first-order valence-electron chi connectivity index (χ1n) is 8.60. The first-order valence-corrected chi connectivity index (χ1v) is 9.35. The molecule has 0 saturated carbocycles. The van der Waals surface area contributed by atoms with E-state index in [9.17, 15) is 18.8 Å². The molecule has 0 bridgehead atoms. The summed E-state index contributed by atoms with van der Waals surface area (Å²) < 4.78 is 25.7. The van der Waals surface area contributed by atoms with Crippen LogP contribution in [0.25, 0.3) is 0 Å². The Hall–Kier alpha value is -2.98. The molecule has 30 heavy (non-hydrogen) atoms. The van der Waals surface area contributed by atoms with Crippen LogP contribution in [0.1, 0.15) is 41.5 Å². The van der Waals surface area contributed by atoms with E-state index in [4.69, 9.17) is 27.9 Å². The predicted octanol–water partition coefficient (Wildman–Crippen LogP) is 3.24. The van der Waals surface area contributed by atoms with E-state index in [0.29, 0.717) is 5.56 Å². The number of nitrogens with zero attached hydrogens (tertiary/aromatic N) is 3. The smallest absolute Gasteiger partial charge is 0.434 e. The van der Waals surface area contributed by atoms with Gasteiger partial charge in [0, 0.05) is 25.1 Å². The van der Waals surface area contributed by atoms with Gasteiger partial charge < -0.3 is 4.74 Å². The minimum atomic E-state index is -0.941. The van der Waals surface area contributed by atoms with Crippen molar-refractivity contribution in [3.05, 3.63) is 65.9 Å². The highest BCUT2D eigenvalue weighted by atomic mass is 35.5. The fraction of sp³-hybridized carbons (Fsp3) is 0.278. The van der Waals surface area contributed by atoms with Gasteiger partial charge in [0.1, 0.15) is 10.8 Å². The Labute approximate surface area is 178 Å². The summed E-state index contributed by atoms with van der Waals surface area (Å²) in [7, 11) is 1.45. The highest BCUT2D eigenvalue weighted by Gasteiger charge is 2.22. The van der Waals surface area contributed by atoms with E-state index in [2.05, 4.69) is 19.8 Å². The Morgan fingerprint density at radius 1 is 1.33 bits per heavy atom. The first-order chi connectivity index (χ1) is 14.1. The first kappa shape index (κ1) is 21.7. The Bertz CT molecular complexity index is 1250. The maximum atomic E-state index is 14.8. The SMILES string of the molecule is CC(C)c1cc(Oc2c(Cl)cc(CC(=O)c3noc(=O)[nH]3)c(F)c2Cl)nn(C)c1=O. The van der Waals surface area contributed by atoms with Crippen LogP contribution in [0.3, 0.4) is 0 Å². The van der Waals surface area contributed by atoms with Crippen LogP contribution in [-0.4, -0.2) is 25.7 Å². The van der Waals surface area contributed by atoms with Crippen molar-refractivity contribution in [2.45, 2.75) is 26.2 Å². The number of rotatable bonds is 6. The normalized spacial score (nSPS) is 11.2. The average molecular weight is 457 g/mol. The van der Waals surface area contributed by atoms with Crippen LogP contribution >= 0.6 is 23.2 Å². The number of halogens is 3.